The SMILES string of the molecule is CC/C=C\C/C=C\C/C=C\C/C=C\C/C=C\C/C=C\C/C=C\C/C=C\C/C=C\C/C=C\C/C=C\CCCCCCCCCC(=O)OC(COC(=O)CCCCCCCCCCCCCCC/C=C\C/C=C\C/C=C\C/C=C\C/C=C\CC)COC(OCC[N+](C)(C)C)C(=O)[O-]. The third kappa shape index (κ3) is 75.4. The topological polar surface area (TPSA) is 111 Å². The Balaban J connectivity index is 4.18. The minimum absolute atomic E-state index is 0.136. The Morgan fingerprint density at radius 2 is 0.568 bits per heavy atom. The van der Waals surface area contributed by atoms with Crippen LogP contribution in [0.2, 0.25) is 0 Å². The maximum absolute atomic E-state index is 13.0. The number of carboxylic acid groups (broad SMARTS) is 1. The molecule has 0 aliphatic carbocycles. The van der Waals surface area contributed by atoms with Gasteiger partial charge in [-0.2, -0.15) is 0 Å². The van der Waals surface area contributed by atoms with E-state index in [0.29, 0.717) is 17.4 Å². The van der Waals surface area contributed by atoms with Gasteiger partial charge in [-0.1, -0.05) is 311 Å². The van der Waals surface area contributed by atoms with Crippen molar-refractivity contribution in [1.82, 2.24) is 0 Å². The number of rotatable bonds is 67. The molecular weight excluding hydrogens is 1170 g/mol. The van der Waals surface area contributed by atoms with Gasteiger partial charge >= 0.3 is 11.9 Å². The number of likely N-dealkylation sites (N-methyl/N-ethyl adjacent to an activating group) is 1. The monoisotopic (exact) mass is 1310 g/mol. The Morgan fingerprint density at radius 1 is 0.316 bits per heavy atom. The normalized spacial score (nSPS) is 13.8. The van der Waals surface area contributed by atoms with Crippen LogP contribution in [-0.4, -0.2) is 82.3 Å². The summed E-state index contributed by atoms with van der Waals surface area (Å²) in [5, 5.41) is 11.8. The van der Waals surface area contributed by atoms with Crippen LogP contribution in [0.5, 0.6) is 0 Å². The van der Waals surface area contributed by atoms with Crippen molar-refractivity contribution in [3.05, 3.63) is 194 Å². The van der Waals surface area contributed by atoms with Crippen molar-refractivity contribution in [2.75, 3.05) is 47.5 Å². The van der Waals surface area contributed by atoms with Gasteiger partial charge in [0.05, 0.1) is 40.3 Å². The summed E-state index contributed by atoms with van der Waals surface area (Å²) in [6.45, 7) is 4.50. The first-order valence-electron chi connectivity index (χ1n) is 37.6. The van der Waals surface area contributed by atoms with E-state index < -0.39 is 24.3 Å². The van der Waals surface area contributed by atoms with Crippen LogP contribution in [0.4, 0.5) is 0 Å². The Bertz CT molecular complexity index is 2270. The fourth-order valence-corrected chi connectivity index (χ4v) is 9.69. The predicted molar refractivity (Wildman–Crippen MR) is 407 cm³/mol. The third-order valence-corrected chi connectivity index (χ3v) is 15.3. The Hall–Kier alpha value is -5.87. The lowest BCUT2D eigenvalue weighted by Gasteiger charge is -2.26. The van der Waals surface area contributed by atoms with Gasteiger partial charge in [0.25, 0.3) is 0 Å². The minimum Gasteiger partial charge on any atom is -0.545 e. The van der Waals surface area contributed by atoms with Crippen LogP contribution in [0.15, 0.2) is 194 Å². The predicted octanol–water partition coefficient (Wildman–Crippen LogP) is 22.8. The van der Waals surface area contributed by atoms with Crippen molar-refractivity contribution >= 4 is 17.9 Å². The van der Waals surface area contributed by atoms with Crippen LogP contribution in [0.3, 0.4) is 0 Å². The third-order valence-electron chi connectivity index (χ3n) is 15.3. The molecule has 0 aromatic rings. The zero-order valence-electron chi connectivity index (χ0n) is 61.0. The summed E-state index contributed by atoms with van der Waals surface area (Å²) in [5.41, 5.74) is 0. The average Bonchev–Trinajstić information content (AvgIpc) is 3.54. The summed E-state index contributed by atoms with van der Waals surface area (Å²) >= 11 is 0. The van der Waals surface area contributed by atoms with E-state index in [-0.39, 0.29) is 38.6 Å². The van der Waals surface area contributed by atoms with Crippen LogP contribution in [0.1, 0.15) is 271 Å². The number of hydrogen-bond acceptors (Lipinski definition) is 8. The molecule has 9 nitrogen and oxygen atoms in total. The fraction of sp³-hybridized carbons (Fsp3) is 0.593. The van der Waals surface area contributed by atoms with Gasteiger partial charge in [-0.3, -0.25) is 9.59 Å². The van der Waals surface area contributed by atoms with E-state index in [1.807, 2.05) is 21.1 Å². The number of aliphatic carboxylic acids is 1. The Labute approximate surface area is 582 Å². The molecule has 0 aliphatic rings. The van der Waals surface area contributed by atoms with E-state index >= 15 is 0 Å². The molecule has 95 heavy (non-hydrogen) atoms. The van der Waals surface area contributed by atoms with Gasteiger partial charge in [0.15, 0.2) is 12.4 Å². The van der Waals surface area contributed by atoms with Gasteiger partial charge in [-0.15, -0.1) is 0 Å². The quantitative estimate of drug-likeness (QED) is 0.0195. The molecule has 0 radical (unpaired) electrons. The van der Waals surface area contributed by atoms with Crippen LogP contribution < -0.4 is 5.11 Å². The van der Waals surface area contributed by atoms with E-state index in [0.717, 1.165) is 154 Å². The smallest absolute Gasteiger partial charge is 0.306 e. The summed E-state index contributed by atoms with van der Waals surface area (Å²) < 4.78 is 22.8. The van der Waals surface area contributed by atoms with Gasteiger partial charge in [-0.25, -0.2) is 0 Å². The van der Waals surface area contributed by atoms with Crippen molar-refractivity contribution in [1.29, 1.82) is 0 Å². The van der Waals surface area contributed by atoms with Crippen LogP contribution in [-0.2, 0) is 33.3 Å². The number of quaternary nitrogens is 1. The van der Waals surface area contributed by atoms with Crippen molar-refractivity contribution < 1.29 is 42.9 Å². The van der Waals surface area contributed by atoms with Gasteiger partial charge in [0.1, 0.15) is 13.2 Å². The molecule has 0 rings (SSSR count). The standard InChI is InChI=1S/C86H137NO8/c1-6-8-10-12-14-16-18-20-22-24-26-28-30-32-34-36-37-38-39-40-41-42-43-44-45-46-47-49-51-53-55-57-59-61-63-65-67-69-71-73-75-77-84(89)95-82(81-94-86(85(90)91)92-79-78-87(3,4)5)80-93-83(88)76-74-72-70-68-66-64-62-60-58-56-54-52-50-48-35-33-31-29-27-25-23-21-19-17-15-13-11-9-7-2/h8-11,14-17,20-23,26-29,32-35,37-38,40-41,43-44,46-47,51,53,57,59,82,86H,6-7,12-13,18-19,24-25,30-31,36,39,42,45,48-50,52,54-56,58,60-81H2,1-5H3/b10-8-,11-9-,16-14-,17-15-,22-20-,23-21-,28-26-,29-27-,34-32-,35-33-,38-37-,41-40-,44-43-,47-46-,53-51-,59-57-. The lowest BCUT2D eigenvalue weighted by Crippen LogP contribution is -2.44. The molecule has 0 N–H and O–H groups in total. The molecule has 0 aliphatic heterocycles. The van der Waals surface area contributed by atoms with Gasteiger partial charge in [0.2, 0.25) is 0 Å². The number of ether oxygens (including phenoxy) is 4. The molecule has 2 atom stereocenters. The summed E-state index contributed by atoms with van der Waals surface area (Å²) in [4.78, 5) is 37.6. The molecule has 0 heterocycles. The highest BCUT2D eigenvalue weighted by Crippen LogP contribution is 2.16. The van der Waals surface area contributed by atoms with Crippen LogP contribution in [0.25, 0.3) is 0 Å². The first-order chi connectivity index (χ1) is 46.6. The van der Waals surface area contributed by atoms with Crippen LogP contribution in [0, 0.1) is 0 Å². The molecular formula is C86H137NO8. The maximum Gasteiger partial charge on any atom is 0.306 e. The summed E-state index contributed by atoms with van der Waals surface area (Å²) in [7, 11) is 5.92. The van der Waals surface area contributed by atoms with Crippen molar-refractivity contribution in [2.45, 2.75) is 283 Å². The Morgan fingerprint density at radius 3 is 0.842 bits per heavy atom. The number of carbonyl (C=O) groups is 3. The summed E-state index contributed by atoms with van der Waals surface area (Å²) in [6.07, 6.45) is 111. The largest absolute Gasteiger partial charge is 0.545 e. The number of nitrogens with zero attached hydrogens (tertiary/aromatic N) is 1. The van der Waals surface area contributed by atoms with Crippen molar-refractivity contribution in [3.63, 3.8) is 0 Å². The van der Waals surface area contributed by atoms with Gasteiger partial charge in [-0.05, 0) is 141 Å². The molecule has 9 heteroatoms. The molecule has 0 amide bonds. The minimum atomic E-state index is -1.64. The number of hydrogen-bond donors (Lipinski definition) is 0. The second-order valence-corrected chi connectivity index (χ2v) is 25.5. The number of carboxylic acids is 1. The molecule has 534 valence electrons. The number of unbranched alkanes of at least 4 members (excludes halogenated alkanes) is 20. The molecule has 0 spiro atoms. The summed E-state index contributed by atoms with van der Waals surface area (Å²) in [5.74, 6) is -2.31. The molecule has 0 saturated carbocycles. The number of esters is 2. The average molecular weight is 1310 g/mol. The molecule has 0 aromatic carbocycles. The first kappa shape index (κ1) is 89.1. The van der Waals surface area contributed by atoms with Crippen molar-refractivity contribution in [3.8, 4) is 0 Å². The first-order valence-corrected chi connectivity index (χ1v) is 37.6. The van der Waals surface area contributed by atoms with E-state index in [2.05, 4.69) is 208 Å². The second-order valence-electron chi connectivity index (χ2n) is 25.5. The molecule has 0 saturated heterocycles. The van der Waals surface area contributed by atoms with Gasteiger partial charge in [0, 0.05) is 12.8 Å². The number of allylic oxidation sites excluding steroid dienone is 32. The van der Waals surface area contributed by atoms with E-state index in [1.165, 1.54) is 83.5 Å². The van der Waals surface area contributed by atoms with E-state index in [9.17, 15) is 19.5 Å². The number of carbonyl (C=O) groups excluding carboxylic acids is 3. The van der Waals surface area contributed by atoms with E-state index in [1.54, 1.807) is 0 Å². The lowest BCUT2D eigenvalue weighted by molar-refractivity contribution is -0.870. The maximum atomic E-state index is 13.0. The highest BCUT2D eigenvalue weighted by atomic mass is 16.7. The van der Waals surface area contributed by atoms with Crippen LogP contribution >= 0.6 is 0 Å². The van der Waals surface area contributed by atoms with Gasteiger partial charge < -0.3 is 33.3 Å². The Kier molecular flexibility index (Phi) is 69.4. The zero-order valence-corrected chi connectivity index (χ0v) is 61.0. The summed E-state index contributed by atoms with van der Waals surface area (Å²) in [6, 6.07) is 0. The zero-order chi connectivity index (χ0) is 69.0. The van der Waals surface area contributed by atoms with Crippen molar-refractivity contribution in [2.24, 2.45) is 0 Å². The highest BCUT2D eigenvalue weighted by molar-refractivity contribution is 5.70. The molecule has 0 fully saturated rings. The molecule has 2 unspecified atom stereocenters. The highest BCUT2D eigenvalue weighted by Gasteiger charge is 2.22. The molecule has 0 aromatic heterocycles. The molecule has 0 bridgehead atoms. The van der Waals surface area contributed by atoms with E-state index in [4.69, 9.17) is 18.9 Å². The second kappa shape index (κ2) is 73.9. The lowest BCUT2D eigenvalue weighted by atomic mass is 10.0. The fourth-order valence-electron chi connectivity index (χ4n) is 9.69.